The fourth-order valence-corrected chi connectivity index (χ4v) is 0.816. The van der Waals surface area contributed by atoms with Crippen LogP contribution in [-0.2, 0) is 27.5 Å². The van der Waals surface area contributed by atoms with Crippen LogP contribution in [0.2, 0.25) is 0 Å². The Balaban J connectivity index is 3.35. The molecule has 2 unspecified atom stereocenters. The van der Waals surface area contributed by atoms with Crippen LogP contribution >= 0.6 is 16.5 Å². The summed E-state index contributed by atoms with van der Waals surface area (Å²) in [4.78, 5) is 0. The quantitative estimate of drug-likeness (QED) is 0.366. The average Bonchev–Trinajstić information content (AvgIpc) is 1.99. The van der Waals surface area contributed by atoms with E-state index in [1.807, 2.05) is 0 Å². The Labute approximate surface area is 59.2 Å². The predicted octanol–water partition coefficient (Wildman–Crippen LogP) is 1.01. The van der Waals surface area contributed by atoms with E-state index >= 15 is 0 Å². The van der Waals surface area contributed by atoms with Gasteiger partial charge in [-0.2, -0.15) is 0 Å². The van der Waals surface area contributed by atoms with E-state index < -0.39 is 16.5 Å². The van der Waals surface area contributed by atoms with E-state index in [0.29, 0.717) is 0 Å². The van der Waals surface area contributed by atoms with Crippen LogP contribution in [0, 0.1) is 0 Å². The Morgan fingerprint density at radius 1 is 0.900 bits per heavy atom. The van der Waals surface area contributed by atoms with Crippen LogP contribution < -0.4 is 0 Å². The van der Waals surface area contributed by atoms with Gasteiger partial charge in [0.2, 0.25) is 0 Å². The number of hydrogen-bond acceptors (Lipinski definition) is 6. The van der Waals surface area contributed by atoms with Gasteiger partial charge in [-0.1, -0.05) is 0 Å². The van der Waals surface area contributed by atoms with Crippen molar-refractivity contribution in [2.75, 3.05) is 14.2 Å². The van der Waals surface area contributed by atoms with Crippen LogP contribution in [-0.4, -0.2) is 14.2 Å². The summed E-state index contributed by atoms with van der Waals surface area (Å²) < 4.78 is 36.8. The van der Waals surface area contributed by atoms with E-state index in [1.165, 1.54) is 14.2 Å². The Bertz CT molecular complexity index is 118. The van der Waals surface area contributed by atoms with Gasteiger partial charge in [0.05, 0.1) is 0 Å². The van der Waals surface area contributed by atoms with Crippen LogP contribution in [0.1, 0.15) is 0 Å². The maximum Gasteiger partial charge on any atom is 0.347 e. The summed E-state index contributed by atoms with van der Waals surface area (Å²) in [5.41, 5.74) is 0. The fourth-order valence-electron chi connectivity index (χ4n) is 0.136. The molecule has 10 heavy (non-hydrogen) atoms. The summed E-state index contributed by atoms with van der Waals surface area (Å²) in [7, 11) is -2.97. The van der Waals surface area contributed by atoms with Gasteiger partial charge in [0, 0.05) is 14.2 Å². The van der Waals surface area contributed by atoms with Gasteiger partial charge in [0.25, 0.3) is 0 Å². The molecule has 0 aromatic heterocycles. The van der Waals surface area contributed by atoms with Crippen molar-refractivity contribution in [1.82, 2.24) is 0 Å². The molecule has 0 aromatic carbocycles. The lowest BCUT2D eigenvalue weighted by molar-refractivity contribution is -0.107. The lowest BCUT2D eigenvalue weighted by atomic mass is 11.8. The third-order valence-corrected chi connectivity index (χ3v) is 1.78. The summed E-state index contributed by atoms with van der Waals surface area (Å²) >= 11 is 0. The van der Waals surface area contributed by atoms with E-state index in [9.17, 15) is 9.13 Å². The molecule has 8 heteroatoms. The number of hydrogen-bond donors (Lipinski definition) is 0. The molecule has 0 heterocycles. The third kappa shape index (κ3) is 5.11. The SMILES string of the molecule is CO[PH](=O)OO[PH](=O)OC. The minimum Gasteiger partial charge on any atom is -0.312 e. The fraction of sp³-hybridized carbons (Fsp3) is 1.00. The van der Waals surface area contributed by atoms with E-state index in [-0.39, 0.29) is 0 Å². The second kappa shape index (κ2) is 6.04. The summed E-state index contributed by atoms with van der Waals surface area (Å²) in [6, 6.07) is 0. The highest BCUT2D eigenvalue weighted by atomic mass is 31.1. The molecule has 0 rings (SSSR count). The van der Waals surface area contributed by atoms with Gasteiger partial charge in [0.1, 0.15) is 0 Å². The molecule has 0 aliphatic heterocycles. The van der Waals surface area contributed by atoms with Gasteiger partial charge < -0.3 is 9.05 Å². The van der Waals surface area contributed by atoms with Crippen molar-refractivity contribution < 1.29 is 27.5 Å². The van der Waals surface area contributed by atoms with E-state index in [0.717, 1.165) is 0 Å². The second-order valence-corrected chi connectivity index (χ2v) is 3.22. The van der Waals surface area contributed by atoms with Crippen LogP contribution in [0.4, 0.5) is 0 Å². The first-order valence-electron chi connectivity index (χ1n) is 2.21. The van der Waals surface area contributed by atoms with Crippen molar-refractivity contribution >= 4 is 16.5 Å². The molecule has 0 aliphatic rings. The van der Waals surface area contributed by atoms with Crippen molar-refractivity contribution in [3.63, 3.8) is 0 Å². The topological polar surface area (TPSA) is 71.1 Å². The molecule has 0 N–H and O–H groups in total. The molecule has 6 nitrogen and oxygen atoms in total. The standard InChI is InChI=1S/C2H8O6P2/c1-5-9(3)7-8-10(4)6-2/h9-10H,1-2H3. The first kappa shape index (κ1) is 10.3. The van der Waals surface area contributed by atoms with Crippen LogP contribution in [0.25, 0.3) is 0 Å². The molecule has 0 aliphatic carbocycles. The zero-order chi connectivity index (χ0) is 7.98. The van der Waals surface area contributed by atoms with Crippen LogP contribution in [0.5, 0.6) is 0 Å². The predicted molar refractivity (Wildman–Crippen MR) is 34.2 cm³/mol. The minimum atomic E-state index is -2.66. The van der Waals surface area contributed by atoms with Crippen LogP contribution in [0.3, 0.4) is 0 Å². The van der Waals surface area contributed by atoms with Crippen molar-refractivity contribution in [2.45, 2.75) is 0 Å². The zero-order valence-electron chi connectivity index (χ0n) is 5.45. The highest BCUT2D eigenvalue weighted by Crippen LogP contribution is 2.31. The van der Waals surface area contributed by atoms with Crippen molar-refractivity contribution in [2.24, 2.45) is 0 Å². The Morgan fingerprint density at radius 3 is 1.40 bits per heavy atom. The van der Waals surface area contributed by atoms with Crippen molar-refractivity contribution in [1.29, 1.82) is 0 Å². The molecule has 62 valence electrons. The van der Waals surface area contributed by atoms with Crippen molar-refractivity contribution in [3.05, 3.63) is 0 Å². The molecule has 0 spiro atoms. The molecule has 0 amide bonds. The molecule has 0 saturated heterocycles. The Hall–Kier alpha value is 0.300. The number of rotatable bonds is 5. The molecular formula is C2H8O6P2. The first-order valence-corrected chi connectivity index (χ1v) is 4.66. The van der Waals surface area contributed by atoms with Gasteiger partial charge in [-0.3, -0.25) is 9.13 Å². The molecule has 0 bridgehead atoms. The monoisotopic (exact) mass is 190 g/mol. The van der Waals surface area contributed by atoms with Crippen LogP contribution in [0.15, 0.2) is 0 Å². The lowest BCUT2D eigenvalue weighted by Gasteiger charge is -1.98. The third-order valence-electron chi connectivity index (χ3n) is 0.511. The maximum atomic E-state index is 10.3. The molecular weight excluding hydrogens is 182 g/mol. The van der Waals surface area contributed by atoms with Crippen molar-refractivity contribution in [3.8, 4) is 0 Å². The minimum absolute atomic E-state index is 1.18. The average molecular weight is 190 g/mol. The zero-order valence-corrected chi connectivity index (χ0v) is 7.45. The smallest absolute Gasteiger partial charge is 0.312 e. The highest BCUT2D eigenvalue weighted by molar-refractivity contribution is 7.35. The summed E-state index contributed by atoms with van der Waals surface area (Å²) in [5, 5.41) is 0. The van der Waals surface area contributed by atoms with Gasteiger partial charge in [0.15, 0.2) is 0 Å². The first-order chi connectivity index (χ1) is 4.70. The second-order valence-electron chi connectivity index (χ2n) is 1.07. The van der Waals surface area contributed by atoms with Gasteiger partial charge in [-0.15, -0.1) is 9.35 Å². The maximum absolute atomic E-state index is 10.3. The lowest BCUT2D eigenvalue weighted by Crippen LogP contribution is -1.78. The van der Waals surface area contributed by atoms with E-state index in [1.54, 1.807) is 0 Å². The molecule has 0 fully saturated rings. The summed E-state index contributed by atoms with van der Waals surface area (Å²) in [6.07, 6.45) is 0. The molecule has 0 radical (unpaired) electrons. The summed E-state index contributed by atoms with van der Waals surface area (Å²) in [6.45, 7) is 0. The molecule has 2 atom stereocenters. The highest BCUT2D eigenvalue weighted by Gasteiger charge is 2.00. The van der Waals surface area contributed by atoms with E-state index in [2.05, 4.69) is 18.4 Å². The normalized spacial score (nSPS) is 16.6. The largest absolute Gasteiger partial charge is 0.347 e. The molecule has 0 saturated carbocycles. The molecule has 0 aromatic rings. The Morgan fingerprint density at radius 2 is 1.20 bits per heavy atom. The van der Waals surface area contributed by atoms with Gasteiger partial charge >= 0.3 is 16.5 Å². The van der Waals surface area contributed by atoms with Gasteiger partial charge in [-0.05, 0) is 0 Å². The summed E-state index contributed by atoms with van der Waals surface area (Å²) in [5.74, 6) is 0. The Kier molecular flexibility index (Phi) is 6.22. The van der Waals surface area contributed by atoms with Gasteiger partial charge in [-0.25, -0.2) is 0 Å². The van der Waals surface area contributed by atoms with E-state index in [4.69, 9.17) is 0 Å².